The highest BCUT2D eigenvalue weighted by Crippen LogP contribution is 2.07. The first kappa shape index (κ1) is 10.6. The maximum atomic E-state index is 8.90. The summed E-state index contributed by atoms with van der Waals surface area (Å²) in [6.45, 7) is 2.69. The van der Waals surface area contributed by atoms with Gasteiger partial charge in [-0.3, -0.25) is 0 Å². The smallest absolute Gasteiger partial charge is 0.0681 e. The minimum atomic E-state index is 0.115. The number of hydrogen-bond acceptors (Lipinski definition) is 3. The van der Waals surface area contributed by atoms with Gasteiger partial charge in [0.15, 0.2) is 0 Å². The van der Waals surface area contributed by atoms with Crippen LogP contribution in [0.3, 0.4) is 0 Å². The van der Waals surface area contributed by atoms with Gasteiger partial charge >= 0.3 is 0 Å². The van der Waals surface area contributed by atoms with Crippen molar-refractivity contribution in [1.82, 2.24) is 5.32 Å². The van der Waals surface area contributed by atoms with Crippen molar-refractivity contribution >= 4 is 0 Å². The van der Waals surface area contributed by atoms with Gasteiger partial charge in [0.05, 0.1) is 13.2 Å². The summed E-state index contributed by atoms with van der Waals surface area (Å²) in [5, 5.41) is 12.3. The van der Waals surface area contributed by atoms with Crippen LogP contribution >= 0.6 is 0 Å². The van der Waals surface area contributed by atoms with Gasteiger partial charge in [0.25, 0.3) is 0 Å². The molecule has 3 heteroatoms. The summed E-state index contributed by atoms with van der Waals surface area (Å²) < 4.78 is 5.29. The maximum Gasteiger partial charge on any atom is 0.0681 e. The normalized spacial score (nSPS) is 20.7. The van der Waals surface area contributed by atoms with E-state index in [1.807, 2.05) is 24.3 Å². The largest absolute Gasteiger partial charge is 0.392 e. The molecule has 1 heterocycles. The molecule has 0 saturated carbocycles. The van der Waals surface area contributed by atoms with Crippen LogP contribution in [0.4, 0.5) is 0 Å². The summed E-state index contributed by atoms with van der Waals surface area (Å²) in [5.41, 5.74) is 2.21. The lowest BCUT2D eigenvalue weighted by Crippen LogP contribution is -2.28. The Labute approximate surface area is 90.1 Å². The van der Waals surface area contributed by atoms with Crippen molar-refractivity contribution in [3.8, 4) is 0 Å². The Hall–Kier alpha value is -0.900. The molecule has 0 aliphatic carbocycles. The highest BCUT2D eigenvalue weighted by atomic mass is 16.5. The van der Waals surface area contributed by atoms with E-state index in [-0.39, 0.29) is 6.61 Å². The van der Waals surface area contributed by atoms with E-state index in [1.54, 1.807) is 0 Å². The highest BCUT2D eigenvalue weighted by Gasteiger charge is 2.13. The minimum Gasteiger partial charge on any atom is -0.392 e. The van der Waals surface area contributed by atoms with Crippen LogP contribution in [-0.2, 0) is 17.9 Å². The third kappa shape index (κ3) is 3.02. The number of aliphatic hydroxyl groups excluding tert-OH is 1. The number of benzene rings is 1. The Morgan fingerprint density at radius 1 is 1.27 bits per heavy atom. The van der Waals surface area contributed by atoms with Crippen LogP contribution in [0.2, 0.25) is 0 Å². The molecule has 0 radical (unpaired) electrons. The molecule has 1 aromatic rings. The van der Waals surface area contributed by atoms with Gasteiger partial charge in [-0.25, -0.2) is 0 Å². The molecule has 1 aliphatic rings. The topological polar surface area (TPSA) is 41.5 Å². The van der Waals surface area contributed by atoms with Gasteiger partial charge in [-0.2, -0.15) is 0 Å². The van der Waals surface area contributed by atoms with E-state index in [0.717, 1.165) is 31.7 Å². The summed E-state index contributed by atoms with van der Waals surface area (Å²) in [7, 11) is 0. The third-order valence-electron chi connectivity index (χ3n) is 2.73. The van der Waals surface area contributed by atoms with Gasteiger partial charge in [0.1, 0.15) is 0 Å². The zero-order valence-electron chi connectivity index (χ0n) is 8.78. The van der Waals surface area contributed by atoms with E-state index in [2.05, 4.69) is 5.32 Å². The minimum absolute atomic E-state index is 0.115. The molecule has 1 aliphatic heterocycles. The molecule has 0 spiro atoms. The van der Waals surface area contributed by atoms with Gasteiger partial charge in [0.2, 0.25) is 0 Å². The third-order valence-corrected chi connectivity index (χ3v) is 2.73. The van der Waals surface area contributed by atoms with Crippen LogP contribution in [0.25, 0.3) is 0 Å². The first-order chi connectivity index (χ1) is 7.38. The van der Waals surface area contributed by atoms with Gasteiger partial charge in [-0.05, 0) is 17.5 Å². The lowest BCUT2D eigenvalue weighted by Gasteiger charge is -2.10. The molecule has 1 atom stereocenters. The van der Waals surface area contributed by atoms with Crippen LogP contribution in [0.1, 0.15) is 17.5 Å². The number of hydrogen-bond donors (Lipinski definition) is 2. The molecule has 2 rings (SSSR count). The predicted molar refractivity (Wildman–Crippen MR) is 58.4 cm³/mol. The second-order valence-corrected chi connectivity index (χ2v) is 3.92. The molecule has 0 amide bonds. The van der Waals surface area contributed by atoms with E-state index in [0.29, 0.717) is 6.04 Å². The van der Waals surface area contributed by atoms with Gasteiger partial charge in [0, 0.05) is 19.2 Å². The summed E-state index contributed by atoms with van der Waals surface area (Å²) in [4.78, 5) is 0. The fourth-order valence-electron chi connectivity index (χ4n) is 1.72. The van der Waals surface area contributed by atoms with Crippen molar-refractivity contribution in [2.75, 3.05) is 13.2 Å². The zero-order chi connectivity index (χ0) is 10.5. The molecule has 15 heavy (non-hydrogen) atoms. The van der Waals surface area contributed by atoms with Crippen molar-refractivity contribution in [3.05, 3.63) is 35.4 Å². The second-order valence-electron chi connectivity index (χ2n) is 3.92. The molecule has 1 unspecified atom stereocenters. The van der Waals surface area contributed by atoms with Crippen molar-refractivity contribution in [2.45, 2.75) is 25.6 Å². The molecule has 0 aromatic heterocycles. The number of ether oxygens (including phenoxy) is 1. The quantitative estimate of drug-likeness (QED) is 0.775. The standard InChI is InChI=1S/C12H17NO2/c14-8-11-3-1-10(2-4-11)7-13-12-5-6-15-9-12/h1-4,12-14H,5-9H2. The van der Waals surface area contributed by atoms with Crippen LogP contribution in [0, 0.1) is 0 Å². The SMILES string of the molecule is OCc1ccc(CNC2CCOC2)cc1. The van der Waals surface area contributed by atoms with Gasteiger partial charge in [-0.1, -0.05) is 24.3 Å². The fraction of sp³-hybridized carbons (Fsp3) is 0.500. The summed E-state index contributed by atoms with van der Waals surface area (Å²) >= 11 is 0. The van der Waals surface area contributed by atoms with Crippen LogP contribution in [0.5, 0.6) is 0 Å². The molecule has 3 nitrogen and oxygen atoms in total. The molecule has 1 fully saturated rings. The molecule has 1 aromatic carbocycles. The Kier molecular flexibility index (Phi) is 3.72. The highest BCUT2D eigenvalue weighted by molar-refractivity contribution is 5.21. The van der Waals surface area contributed by atoms with E-state index in [1.165, 1.54) is 5.56 Å². The lowest BCUT2D eigenvalue weighted by molar-refractivity contribution is 0.190. The number of aliphatic hydroxyl groups is 1. The van der Waals surface area contributed by atoms with Crippen LogP contribution in [0.15, 0.2) is 24.3 Å². The summed E-state index contributed by atoms with van der Waals surface area (Å²) in [6, 6.07) is 8.52. The molecular formula is C12H17NO2. The van der Waals surface area contributed by atoms with E-state index in [9.17, 15) is 0 Å². The summed E-state index contributed by atoms with van der Waals surface area (Å²) in [5.74, 6) is 0. The van der Waals surface area contributed by atoms with E-state index in [4.69, 9.17) is 9.84 Å². The molecule has 82 valence electrons. The average molecular weight is 207 g/mol. The zero-order valence-corrected chi connectivity index (χ0v) is 8.78. The number of rotatable bonds is 4. The first-order valence-corrected chi connectivity index (χ1v) is 5.38. The van der Waals surface area contributed by atoms with Gasteiger partial charge < -0.3 is 15.2 Å². The monoisotopic (exact) mass is 207 g/mol. The Bertz CT molecular complexity index is 291. The van der Waals surface area contributed by atoms with Gasteiger partial charge in [-0.15, -0.1) is 0 Å². The molecule has 0 bridgehead atoms. The van der Waals surface area contributed by atoms with Crippen LogP contribution in [-0.4, -0.2) is 24.4 Å². The molecule has 2 N–H and O–H groups in total. The Morgan fingerprint density at radius 3 is 2.60 bits per heavy atom. The van der Waals surface area contributed by atoms with E-state index >= 15 is 0 Å². The first-order valence-electron chi connectivity index (χ1n) is 5.38. The Morgan fingerprint density at radius 2 is 2.00 bits per heavy atom. The number of nitrogens with one attached hydrogen (secondary N) is 1. The fourth-order valence-corrected chi connectivity index (χ4v) is 1.72. The van der Waals surface area contributed by atoms with Crippen molar-refractivity contribution in [2.24, 2.45) is 0 Å². The maximum absolute atomic E-state index is 8.90. The molecular weight excluding hydrogens is 190 g/mol. The van der Waals surface area contributed by atoms with Crippen LogP contribution < -0.4 is 5.32 Å². The lowest BCUT2D eigenvalue weighted by atomic mass is 10.1. The van der Waals surface area contributed by atoms with Crippen molar-refractivity contribution in [3.63, 3.8) is 0 Å². The second kappa shape index (κ2) is 5.26. The predicted octanol–water partition coefficient (Wildman–Crippen LogP) is 1.06. The van der Waals surface area contributed by atoms with E-state index < -0.39 is 0 Å². The molecule has 1 saturated heterocycles. The summed E-state index contributed by atoms with van der Waals surface area (Å²) in [6.07, 6.45) is 1.11. The van der Waals surface area contributed by atoms with Crippen molar-refractivity contribution < 1.29 is 9.84 Å². The average Bonchev–Trinajstić information content (AvgIpc) is 2.80. The Balaban J connectivity index is 1.82. The van der Waals surface area contributed by atoms with Crippen molar-refractivity contribution in [1.29, 1.82) is 0 Å².